The molecule has 1 fully saturated rings. The lowest BCUT2D eigenvalue weighted by Gasteiger charge is -2.33. The minimum atomic E-state index is -0.465. The van der Waals surface area contributed by atoms with Gasteiger partial charge < -0.3 is 19.9 Å². The van der Waals surface area contributed by atoms with Crippen LogP contribution in [0.1, 0.15) is 17.0 Å². The highest BCUT2D eigenvalue weighted by atomic mass is 16.5. The van der Waals surface area contributed by atoms with Crippen LogP contribution in [0.5, 0.6) is 11.5 Å². The zero-order valence-corrected chi connectivity index (χ0v) is 16.8. The minimum Gasteiger partial charge on any atom is -0.457 e. The quantitative estimate of drug-likeness (QED) is 0.727. The first-order valence-electron chi connectivity index (χ1n) is 10.1. The van der Waals surface area contributed by atoms with Crippen LogP contribution in [0.2, 0.25) is 0 Å². The van der Waals surface area contributed by atoms with Gasteiger partial charge in [-0.15, -0.1) is 0 Å². The van der Waals surface area contributed by atoms with Crippen molar-refractivity contribution in [3.8, 4) is 11.5 Å². The topological polar surface area (TPSA) is 70.6 Å². The first-order valence-corrected chi connectivity index (χ1v) is 10.1. The van der Waals surface area contributed by atoms with Crippen molar-refractivity contribution in [1.29, 1.82) is 0 Å². The van der Waals surface area contributed by atoms with E-state index < -0.39 is 5.92 Å². The van der Waals surface area contributed by atoms with Gasteiger partial charge in [-0.2, -0.15) is 0 Å². The summed E-state index contributed by atoms with van der Waals surface area (Å²) in [5, 5.41) is 3.00. The number of para-hydroxylation sites is 2. The van der Waals surface area contributed by atoms with Crippen molar-refractivity contribution in [3.05, 3.63) is 72.1 Å². The average molecular weight is 401 g/mol. The molecule has 5 rings (SSSR count). The van der Waals surface area contributed by atoms with Gasteiger partial charge in [-0.25, -0.2) is 9.97 Å². The Bertz CT molecular complexity index is 1030. The third-order valence-corrected chi connectivity index (χ3v) is 5.67. The molecule has 30 heavy (non-hydrogen) atoms. The molecule has 0 radical (unpaired) electrons. The molecule has 2 aliphatic rings. The van der Waals surface area contributed by atoms with Crippen LogP contribution in [0.4, 0.5) is 11.6 Å². The monoisotopic (exact) mass is 401 g/mol. The Morgan fingerprint density at radius 3 is 2.27 bits per heavy atom. The average Bonchev–Trinajstić information content (AvgIpc) is 2.78. The number of likely N-dealkylation sites (N-methyl/N-ethyl adjacent to an activating group) is 1. The van der Waals surface area contributed by atoms with E-state index in [9.17, 15) is 4.79 Å². The Kier molecular flexibility index (Phi) is 4.80. The van der Waals surface area contributed by atoms with Crippen LogP contribution >= 0.6 is 0 Å². The molecule has 0 bridgehead atoms. The first kappa shape index (κ1) is 18.6. The molecule has 0 spiro atoms. The summed E-state index contributed by atoms with van der Waals surface area (Å²) in [6.07, 6.45) is 1.51. The number of fused-ring (bicyclic) bond motifs is 2. The smallest absolute Gasteiger partial charge is 0.237 e. The molecule has 7 nitrogen and oxygen atoms in total. The number of nitrogens with one attached hydrogen (secondary N) is 1. The van der Waals surface area contributed by atoms with E-state index >= 15 is 0 Å². The molecule has 0 saturated carbocycles. The molecule has 0 aliphatic carbocycles. The molecule has 2 aromatic carbocycles. The van der Waals surface area contributed by atoms with E-state index in [1.165, 1.54) is 6.33 Å². The highest BCUT2D eigenvalue weighted by Gasteiger charge is 2.32. The number of ether oxygens (including phenoxy) is 1. The SMILES string of the molecule is CN1CCN(c2cc(NC(=O)C3c4ccccc4Oc4ccccc43)ncn2)CC1. The number of hydrogen-bond acceptors (Lipinski definition) is 6. The number of rotatable bonds is 3. The standard InChI is InChI=1S/C23H23N5O2/c1-27-10-12-28(13-11-27)21-14-20(24-15-25-21)26-23(29)22-16-6-2-4-8-18(16)30-19-9-5-3-7-17(19)22/h2-9,14-15,22H,10-13H2,1H3,(H,24,25,26,29). The Hall–Kier alpha value is -3.45. The Morgan fingerprint density at radius 1 is 0.967 bits per heavy atom. The van der Waals surface area contributed by atoms with Crippen LogP contribution in [-0.2, 0) is 4.79 Å². The van der Waals surface area contributed by atoms with Gasteiger partial charge in [0.15, 0.2) is 0 Å². The predicted molar refractivity (Wildman–Crippen MR) is 115 cm³/mol. The second-order valence-electron chi connectivity index (χ2n) is 7.65. The van der Waals surface area contributed by atoms with Crippen LogP contribution in [0.25, 0.3) is 0 Å². The maximum atomic E-state index is 13.4. The fourth-order valence-electron chi connectivity index (χ4n) is 4.01. The van der Waals surface area contributed by atoms with Gasteiger partial charge in [0.1, 0.15) is 29.5 Å². The van der Waals surface area contributed by atoms with Gasteiger partial charge in [0.25, 0.3) is 0 Å². The van der Waals surface area contributed by atoms with E-state index in [0.717, 1.165) is 43.1 Å². The van der Waals surface area contributed by atoms with Gasteiger partial charge >= 0.3 is 0 Å². The lowest BCUT2D eigenvalue weighted by molar-refractivity contribution is -0.116. The van der Waals surface area contributed by atoms with Crippen molar-refractivity contribution in [2.45, 2.75) is 5.92 Å². The highest BCUT2D eigenvalue weighted by Crippen LogP contribution is 2.44. The molecule has 7 heteroatoms. The van der Waals surface area contributed by atoms with Crippen molar-refractivity contribution in [2.75, 3.05) is 43.4 Å². The Labute approximate surface area is 175 Å². The first-order chi connectivity index (χ1) is 14.7. The summed E-state index contributed by atoms with van der Waals surface area (Å²) in [6, 6.07) is 17.2. The molecule has 2 aliphatic heterocycles. The van der Waals surface area contributed by atoms with Crippen molar-refractivity contribution in [2.24, 2.45) is 0 Å². The van der Waals surface area contributed by atoms with Crippen molar-refractivity contribution >= 4 is 17.5 Å². The molecule has 0 atom stereocenters. The third kappa shape index (κ3) is 3.48. The molecule has 152 valence electrons. The summed E-state index contributed by atoms with van der Waals surface area (Å²) in [6.45, 7) is 3.78. The van der Waals surface area contributed by atoms with Crippen molar-refractivity contribution < 1.29 is 9.53 Å². The number of amides is 1. The molecule has 0 unspecified atom stereocenters. The van der Waals surface area contributed by atoms with Gasteiger partial charge in [-0.05, 0) is 19.2 Å². The minimum absolute atomic E-state index is 0.138. The molecule has 3 aromatic rings. The van der Waals surface area contributed by atoms with Crippen LogP contribution < -0.4 is 15.0 Å². The lowest BCUT2D eigenvalue weighted by atomic mass is 9.87. The summed E-state index contributed by atoms with van der Waals surface area (Å²) in [7, 11) is 2.12. The Balaban J connectivity index is 1.42. The van der Waals surface area contributed by atoms with Crippen LogP contribution in [0.15, 0.2) is 60.9 Å². The third-order valence-electron chi connectivity index (χ3n) is 5.67. The van der Waals surface area contributed by atoms with Crippen molar-refractivity contribution in [3.63, 3.8) is 0 Å². The summed E-state index contributed by atoms with van der Waals surface area (Å²) in [5.74, 6) is 2.15. The largest absolute Gasteiger partial charge is 0.457 e. The highest BCUT2D eigenvalue weighted by molar-refractivity contribution is 5.99. The second-order valence-corrected chi connectivity index (χ2v) is 7.65. The fraction of sp³-hybridized carbons (Fsp3) is 0.261. The number of piperazine rings is 1. The zero-order chi connectivity index (χ0) is 20.5. The number of benzene rings is 2. The van der Waals surface area contributed by atoms with Gasteiger partial charge in [0, 0.05) is 43.4 Å². The number of hydrogen-bond donors (Lipinski definition) is 1. The van der Waals surface area contributed by atoms with Crippen LogP contribution in [0.3, 0.4) is 0 Å². The summed E-state index contributed by atoms with van der Waals surface area (Å²) >= 11 is 0. The molecule has 1 amide bonds. The van der Waals surface area contributed by atoms with Gasteiger partial charge in [0.2, 0.25) is 5.91 Å². The predicted octanol–water partition coefficient (Wildman–Crippen LogP) is 3.10. The Morgan fingerprint density at radius 2 is 1.60 bits per heavy atom. The van der Waals surface area contributed by atoms with Crippen LogP contribution in [-0.4, -0.2) is 54.0 Å². The fourth-order valence-corrected chi connectivity index (χ4v) is 4.01. The number of carbonyl (C=O) groups is 1. The molecule has 1 saturated heterocycles. The van der Waals surface area contributed by atoms with Crippen LogP contribution in [0, 0.1) is 0 Å². The maximum absolute atomic E-state index is 13.4. The van der Waals surface area contributed by atoms with Gasteiger partial charge in [0.05, 0.1) is 5.92 Å². The normalized spacial score (nSPS) is 16.4. The van der Waals surface area contributed by atoms with E-state index in [4.69, 9.17) is 4.74 Å². The number of anilines is 2. The van der Waals surface area contributed by atoms with E-state index in [2.05, 4.69) is 32.1 Å². The summed E-state index contributed by atoms with van der Waals surface area (Å²) < 4.78 is 6.00. The molecule has 3 heterocycles. The summed E-state index contributed by atoms with van der Waals surface area (Å²) in [4.78, 5) is 26.6. The number of carbonyl (C=O) groups excluding carboxylic acids is 1. The van der Waals surface area contributed by atoms with Gasteiger partial charge in [-0.3, -0.25) is 4.79 Å². The molecule has 1 N–H and O–H groups in total. The number of nitrogens with zero attached hydrogens (tertiary/aromatic N) is 4. The maximum Gasteiger partial charge on any atom is 0.237 e. The molecular weight excluding hydrogens is 378 g/mol. The molecular formula is C23H23N5O2. The second kappa shape index (κ2) is 7.76. The van der Waals surface area contributed by atoms with Gasteiger partial charge in [-0.1, -0.05) is 36.4 Å². The zero-order valence-electron chi connectivity index (χ0n) is 16.8. The summed E-state index contributed by atoms with van der Waals surface area (Å²) in [5.41, 5.74) is 1.70. The van der Waals surface area contributed by atoms with Crippen molar-refractivity contribution in [1.82, 2.24) is 14.9 Å². The molecule has 1 aromatic heterocycles. The lowest BCUT2D eigenvalue weighted by Crippen LogP contribution is -2.44. The number of aromatic nitrogens is 2. The van der Waals surface area contributed by atoms with E-state index in [-0.39, 0.29) is 5.91 Å². The van der Waals surface area contributed by atoms with E-state index in [1.807, 2.05) is 54.6 Å². The van der Waals surface area contributed by atoms with E-state index in [1.54, 1.807) is 0 Å². The van der Waals surface area contributed by atoms with E-state index in [0.29, 0.717) is 17.3 Å².